The number of aromatic nitrogens is 1. The Morgan fingerprint density at radius 2 is 2.00 bits per heavy atom. The monoisotopic (exact) mass is 410 g/mol. The van der Waals surface area contributed by atoms with Crippen molar-refractivity contribution in [3.8, 4) is 11.5 Å². The van der Waals surface area contributed by atoms with Crippen LogP contribution in [0.1, 0.15) is 33.8 Å². The summed E-state index contributed by atoms with van der Waals surface area (Å²) in [5, 5.41) is 10.7. The van der Waals surface area contributed by atoms with E-state index in [4.69, 9.17) is 14.2 Å². The van der Waals surface area contributed by atoms with Crippen molar-refractivity contribution in [1.82, 2.24) is 9.88 Å². The summed E-state index contributed by atoms with van der Waals surface area (Å²) in [6.45, 7) is 2.49. The van der Waals surface area contributed by atoms with Crippen LogP contribution in [-0.2, 0) is 14.3 Å². The van der Waals surface area contributed by atoms with Crippen LogP contribution in [-0.4, -0.2) is 60.2 Å². The number of ketones is 1. The lowest BCUT2D eigenvalue weighted by Crippen LogP contribution is -2.32. The Kier molecular flexibility index (Phi) is 5.67. The van der Waals surface area contributed by atoms with Gasteiger partial charge in [0.05, 0.1) is 32.3 Å². The summed E-state index contributed by atoms with van der Waals surface area (Å²) in [7, 11) is 1.31. The molecule has 0 spiro atoms. The highest BCUT2D eigenvalue weighted by atomic mass is 16.5. The van der Waals surface area contributed by atoms with Gasteiger partial charge in [0, 0.05) is 43.2 Å². The van der Waals surface area contributed by atoms with E-state index in [9.17, 15) is 14.7 Å². The van der Waals surface area contributed by atoms with Crippen LogP contribution in [0.5, 0.6) is 11.5 Å². The molecule has 1 aromatic carbocycles. The number of fused-ring (bicyclic) bond motifs is 1. The molecule has 4 rings (SSSR count). The van der Waals surface area contributed by atoms with Crippen molar-refractivity contribution in [1.29, 1.82) is 0 Å². The largest absolute Gasteiger partial charge is 0.508 e. The molecule has 1 aromatic heterocycles. The highest BCUT2D eigenvalue weighted by Gasteiger charge is 2.35. The number of rotatable bonds is 5. The number of hydrogen-bond acceptors (Lipinski definition) is 8. The number of phenolic OH excluding ortho intramolecular Hbond substituents is 1. The number of hydrogen-bond donors (Lipinski definition) is 1. The summed E-state index contributed by atoms with van der Waals surface area (Å²) >= 11 is 0. The van der Waals surface area contributed by atoms with E-state index >= 15 is 0 Å². The van der Waals surface area contributed by atoms with Crippen LogP contribution in [0.2, 0.25) is 0 Å². The van der Waals surface area contributed by atoms with Crippen molar-refractivity contribution in [2.45, 2.75) is 12.3 Å². The number of benzene rings is 1. The zero-order chi connectivity index (χ0) is 21.1. The molecule has 1 saturated heterocycles. The number of aromatic hydroxyl groups is 1. The van der Waals surface area contributed by atoms with Gasteiger partial charge in [-0.25, -0.2) is 0 Å². The molecule has 156 valence electrons. The van der Waals surface area contributed by atoms with E-state index < -0.39 is 11.9 Å². The van der Waals surface area contributed by atoms with Gasteiger partial charge >= 0.3 is 5.97 Å². The average Bonchev–Trinajstić information content (AvgIpc) is 3.08. The molecular weight excluding hydrogens is 388 g/mol. The summed E-state index contributed by atoms with van der Waals surface area (Å²) < 4.78 is 16.1. The van der Waals surface area contributed by atoms with Gasteiger partial charge in [-0.15, -0.1) is 0 Å². The first-order chi connectivity index (χ1) is 14.6. The lowest BCUT2D eigenvalue weighted by atomic mass is 9.86. The van der Waals surface area contributed by atoms with E-state index in [1.54, 1.807) is 36.8 Å². The molecule has 1 N–H and O–H groups in total. The number of ether oxygens (including phenoxy) is 3. The van der Waals surface area contributed by atoms with Crippen molar-refractivity contribution in [3.63, 3.8) is 0 Å². The van der Waals surface area contributed by atoms with Crippen LogP contribution < -0.4 is 4.74 Å². The third-order valence-electron chi connectivity index (χ3n) is 5.25. The minimum Gasteiger partial charge on any atom is -0.508 e. The zero-order valence-corrected chi connectivity index (χ0v) is 16.5. The number of esters is 1. The third kappa shape index (κ3) is 3.86. The predicted molar refractivity (Wildman–Crippen MR) is 106 cm³/mol. The third-order valence-corrected chi connectivity index (χ3v) is 5.25. The summed E-state index contributed by atoms with van der Waals surface area (Å²) in [4.78, 5) is 31.0. The van der Waals surface area contributed by atoms with Crippen molar-refractivity contribution >= 4 is 11.8 Å². The van der Waals surface area contributed by atoms with Crippen molar-refractivity contribution in [2.24, 2.45) is 0 Å². The second-order valence-corrected chi connectivity index (χ2v) is 7.06. The molecule has 1 fully saturated rings. The first kappa shape index (κ1) is 19.9. The Labute approximate surface area is 173 Å². The lowest BCUT2D eigenvalue weighted by molar-refractivity contribution is -0.140. The molecule has 8 heteroatoms. The van der Waals surface area contributed by atoms with Crippen LogP contribution in [0.25, 0.3) is 0 Å². The quantitative estimate of drug-likeness (QED) is 0.592. The van der Waals surface area contributed by atoms with Gasteiger partial charge in [0.2, 0.25) is 5.78 Å². The molecule has 0 aliphatic carbocycles. The van der Waals surface area contributed by atoms with Gasteiger partial charge in [-0.05, 0) is 29.8 Å². The summed E-state index contributed by atoms with van der Waals surface area (Å²) in [6, 6.07) is 6.51. The van der Waals surface area contributed by atoms with Gasteiger partial charge in [-0.1, -0.05) is 0 Å². The second-order valence-electron chi connectivity index (χ2n) is 7.06. The molecule has 0 saturated carbocycles. The molecule has 30 heavy (non-hydrogen) atoms. The summed E-state index contributed by atoms with van der Waals surface area (Å²) in [6.07, 6.45) is 4.88. The van der Waals surface area contributed by atoms with E-state index in [1.165, 1.54) is 13.2 Å². The number of allylic oxidation sites excluding steroid dienone is 1. The van der Waals surface area contributed by atoms with Crippen LogP contribution in [0.3, 0.4) is 0 Å². The Morgan fingerprint density at radius 3 is 2.70 bits per heavy atom. The first-order valence-electron chi connectivity index (χ1n) is 9.67. The van der Waals surface area contributed by atoms with E-state index in [1.807, 2.05) is 4.90 Å². The summed E-state index contributed by atoms with van der Waals surface area (Å²) in [5.74, 6) is -0.868. The highest BCUT2D eigenvalue weighted by molar-refractivity contribution is 6.12. The van der Waals surface area contributed by atoms with Gasteiger partial charge in [-0.3, -0.25) is 14.6 Å². The number of methoxy groups -OCH3 is 1. The fraction of sp³-hybridized carbons (Fsp3) is 0.318. The number of nitrogens with zero attached hydrogens (tertiary/aromatic N) is 2. The van der Waals surface area contributed by atoms with Gasteiger partial charge < -0.3 is 24.2 Å². The highest BCUT2D eigenvalue weighted by Crippen LogP contribution is 2.46. The van der Waals surface area contributed by atoms with Gasteiger partial charge in [0.25, 0.3) is 0 Å². The SMILES string of the molecule is COC(=O)C[C@@H](c1ccncc1)c1c(O)ccc2c1O/C(=C\N1CCOCC1)C2=O. The van der Waals surface area contributed by atoms with E-state index in [0.29, 0.717) is 37.4 Å². The van der Waals surface area contributed by atoms with Crippen LogP contribution in [0, 0.1) is 0 Å². The molecule has 8 nitrogen and oxygen atoms in total. The number of pyridine rings is 1. The fourth-order valence-corrected chi connectivity index (χ4v) is 3.69. The Bertz CT molecular complexity index is 983. The minimum absolute atomic E-state index is 0.0232. The van der Waals surface area contributed by atoms with Crippen molar-refractivity contribution in [3.05, 3.63) is 65.3 Å². The minimum atomic E-state index is -0.564. The molecule has 0 amide bonds. The van der Waals surface area contributed by atoms with Crippen LogP contribution >= 0.6 is 0 Å². The zero-order valence-electron chi connectivity index (χ0n) is 16.5. The molecule has 1 atom stereocenters. The van der Waals surface area contributed by atoms with E-state index in [0.717, 1.165) is 5.56 Å². The molecular formula is C22H22N2O6. The molecule has 0 bridgehead atoms. The van der Waals surface area contributed by atoms with E-state index in [-0.39, 0.29) is 29.5 Å². The Morgan fingerprint density at radius 1 is 1.27 bits per heavy atom. The number of phenols is 1. The molecule has 0 radical (unpaired) electrons. The van der Waals surface area contributed by atoms with Crippen molar-refractivity contribution < 1.29 is 28.9 Å². The summed E-state index contributed by atoms with van der Waals surface area (Å²) in [5.41, 5.74) is 1.48. The maximum absolute atomic E-state index is 12.9. The molecule has 3 heterocycles. The second kappa shape index (κ2) is 8.54. The molecule has 2 aliphatic heterocycles. The van der Waals surface area contributed by atoms with Crippen LogP contribution in [0.4, 0.5) is 0 Å². The predicted octanol–water partition coefficient (Wildman–Crippen LogP) is 2.23. The first-order valence-corrected chi connectivity index (χ1v) is 9.67. The van der Waals surface area contributed by atoms with E-state index in [2.05, 4.69) is 4.98 Å². The standard InChI is InChI=1S/C22H22N2O6/c1-28-19(26)12-16(14-4-6-23-7-5-14)20-17(25)3-2-15-21(27)18(30-22(15)20)13-24-8-10-29-11-9-24/h2-7,13,16,25H,8-12H2,1H3/b18-13-/t16-/m0/s1. The number of carbonyl (C=O) groups is 2. The van der Waals surface area contributed by atoms with Gasteiger partial charge in [0.1, 0.15) is 11.5 Å². The number of carbonyl (C=O) groups excluding carboxylic acids is 2. The van der Waals surface area contributed by atoms with Gasteiger partial charge in [-0.2, -0.15) is 0 Å². The molecule has 2 aromatic rings. The molecule has 0 unspecified atom stereocenters. The molecule has 2 aliphatic rings. The lowest BCUT2D eigenvalue weighted by Gasteiger charge is -2.25. The topological polar surface area (TPSA) is 98.2 Å². The van der Waals surface area contributed by atoms with Crippen LogP contribution in [0.15, 0.2) is 48.6 Å². The maximum atomic E-state index is 12.9. The average molecular weight is 410 g/mol. The fourth-order valence-electron chi connectivity index (χ4n) is 3.69. The Balaban J connectivity index is 1.76. The Hall–Kier alpha value is -3.39. The van der Waals surface area contributed by atoms with Gasteiger partial charge in [0.15, 0.2) is 5.76 Å². The smallest absolute Gasteiger partial charge is 0.306 e. The maximum Gasteiger partial charge on any atom is 0.306 e. The number of morpholine rings is 1. The van der Waals surface area contributed by atoms with Crippen molar-refractivity contribution in [2.75, 3.05) is 33.4 Å². The number of Topliss-reactive ketones (excluding diaryl/α,β-unsaturated/α-hetero) is 1. The normalized spacial score (nSPS) is 18.1.